The number of hydrogen-bond acceptors (Lipinski definition) is 1. The van der Waals surface area contributed by atoms with Gasteiger partial charge in [-0.05, 0) is 91.3 Å². The summed E-state index contributed by atoms with van der Waals surface area (Å²) in [6.45, 7) is 10.1. The van der Waals surface area contributed by atoms with Crippen LogP contribution in [0.4, 0.5) is 0 Å². The van der Waals surface area contributed by atoms with Crippen molar-refractivity contribution in [2.45, 2.75) is 85.5 Å². The fourth-order valence-electron chi connectivity index (χ4n) is 8.18. The van der Waals surface area contributed by atoms with E-state index >= 15 is 0 Å². The second kappa shape index (κ2) is 5.33. The van der Waals surface area contributed by atoms with Crippen LogP contribution in [0.3, 0.4) is 0 Å². The Morgan fingerprint density at radius 3 is 2.39 bits per heavy atom. The van der Waals surface area contributed by atoms with Crippen molar-refractivity contribution in [3.05, 3.63) is 0 Å². The molecule has 0 aromatic carbocycles. The molecule has 1 nitrogen and oxygen atoms in total. The molecule has 0 bridgehead atoms. The Labute approximate surface area is 143 Å². The molecule has 0 amide bonds. The van der Waals surface area contributed by atoms with Gasteiger partial charge in [0.2, 0.25) is 0 Å². The third-order valence-electron chi connectivity index (χ3n) is 9.36. The largest absolute Gasteiger partial charge is 0.300 e. The molecule has 4 aliphatic rings. The summed E-state index contributed by atoms with van der Waals surface area (Å²) in [6, 6.07) is 0. The van der Waals surface area contributed by atoms with Crippen molar-refractivity contribution in [1.29, 1.82) is 0 Å². The van der Waals surface area contributed by atoms with Gasteiger partial charge in [0.05, 0.1) is 0 Å². The van der Waals surface area contributed by atoms with Gasteiger partial charge in [-0.2, -0.15) is 0 Å². The zero-order valence-corrected chi connectivity index (χ0v) is 15.7. The summed E-state index contributed by atoms with van der Waals surface area (Å²) < 4.78 is 0. The molecule has 0 heterocycles. The first-order valence-electron chi connectivity index (χ1n) is 10.4. The van der Waals surface area contributed by atoms with Crippen molar-refractivity contribution in [2.75, 3.05) is 0 Å². The summed E-state index contributed by atoms with van der Waals surface area (Å²) in [5.74, 6) is 5.91. The van der Waals surface area contributed by atoms with E-state index in [2.05, 4.69) is 27.7 Å². The number of ketones is 1. The topological polar surface area (TPSA) is 17.1 Å². The highest BCUT2D eigenvalue weighted by Crippen LogP contribution is 2.67. The fraction of sp³-hybridized carbons (Fsp3) is 0.955. The Bertz CT molecular complexity index is 494. The summed E-state index contributed by atoms with van der Waals surface area (Å²) in [6.07, 6.45) is 11.6. The molecule has 1 heteroatoms. The second-order valence-corrected chi connectivity index (χ2v) is 10.4. The monoisotopic (exact) mass is 316 g/mol. The highest BCUT2D eigenvalue weighted by atomic mass is 16.1. The van der Waals surface area contributed by atoms with Gasteiger partial charge >= 0.3 is 0 Å². The summed E-state index contributed by atoms with van der Waals surface area (Å²) in [5, 5.41) is 0. The minimum absolute atomic E-state index is 0.480. The summed E-state index contributed by atoms with van der Waals surface area (Å²) in [4.78, 5) is 12.0. The molecular formula is C22H36O. The van der Waals surface area contributed by atoms with Gasteiger partial charge in [-0.3, -0.25) is 4.79 Å². The lowest BCUT2D eigenvalue weighted by molar-refractivity contribution is -0.140. The van der Waals surface area contributed by atoms with E-state index in [0.717, 1.165) is 42.4 Å². The Balaban J connectivity index is 1.61. The van der Waals surface area contributed by atoms with E-state index in [1.807, 2.05) is 0 Å². The van der Waals surface area contributed by atoms with Crippen molar-refractivity contribution in [1.82, 2.24) is 0 Å². The number of hydrogen-bond donors (Lipinski definition) is 0. The maximum Gasteiger partial charge on any atom is 0.133 e. The maximum absolute atomic E-state index is 12.0. The van der Waals surface area contributed by atoms with Crippen LogP contribution in [0.15, 0.2) is 0 Å². The molecule has 130 valence electrons. The van der Waals surface area contributed by atoms with Crippen LogP contribution >= 0.6 is 0 Å². The number of Topliss-reactive ketones (excluding diaryl/α,β-unsaturated/α-hetero) is 1. The lowest BCUT2D eigenvalue weighted by atomic mass is 9.44. The highest BCUT2D eigenvalue weighted by Gasteiger charge is 2.60. The molecule has 0 aromatic rings. The lowest BCUT2D eigenvalue weighted by Crippen LogP contribution is -2.53. The van der Waals surface area contributed by atoms with Gasteiger partial charge in [-0.25, -0.2) is 0 Å². The van der Waals surface area contributed by atoms with Gasteiger partial charge in [0.15, 0.2) is 0 Å². The molecular weight excluding hydrogens is 280 g/mol. The Kier molecular flexibility index (Phi) is 3.75. The molecule has 0 saturated heterocycles. The van der Waals surface area contributed by atoms with Gasteiger partial charge in [0, 0.05) is 12.8 Å². The normalized spacial score (nSPS) is 52.9. The van der Waals surface area contributed by atoms with Crippen LogP contribution in [0.2, 0.25) is 0 Å². The predicted molar refractivity (Wildman–Crippen MR) is 95.1 cm³/mol. The predicted octanol–water partition coefficient (Wildman–Crippen LogP) is 5.87. The van der Waals surface area contributed by atoms with Crippen molar-refractivity contribution in [3.8, 4) is 0 Å². The number of carbonyl (C=O) groups is 1. The SMILES string of the molecule is CC(C)[C@@H]1CCC2[C@@H]3CCC4CC(=O)CC[C@]4(C)C3CC[C@@]21C. The smallest absolute Gasteiger partial charge is 0.133 e. The van der Waals surface area contributed by atoms with Crippen LogP contribution in [0.1, 0.15) is 85.5 Å². The summed E-state index contributed by atoms with van der Waals surface area (Å²) >= 11 is 0. The van der Waals surface area contributed by atoms with E-state index in [1.54, 1.807) is 0 Å². The van der Waals surface area contributed by atoms with Gasteiger partial charge in [0.25, 0.3) is 0 Å². The average Bonchev–Trinajstić information content (AvgIpc) is 2.85. The minimum Gasteiger partial charge on any atom is -0.300 e. The Morgan fingerprint density at radius 2 is 1.65 bits per heavy atom. The van der Waals surface area contributed by atoms with Crippen molar-refractivity contribution < 1.29 is 4.79 Å². The van der Waals surface area contributed by atoms with Gasteiger partial charge in [-0.15, -0.1) is 0 Å². The maximum atomic E-state index is 12.0. The first kappa shape index (κ1) is 16.2. The van der Waals surface area contributed by atoms with Crippen molar-refractivity contribution in [3.63, 3.8) is 0 Å². The number of carbonyl (C=O) groups excluding carboxylic acids is 1. The molecule has 3 unspecified atom stereocenters. The number of fused-ring (bicyclic) bond motifs is 5. The highest BCUT2D eigenvalue weighted by molar-refractivity contribution is 5.79. The molecule has 4 aliphatic carbocycles. The standard InChI is InChI=1S/C22H36O/c1-14(2)18-7-8-19-17-6-5-15-13-16(23)9-11-21(15,3)20(17)10-12-22(18,19)4/h14-15,17-20H,5-13H2,1-4H3/t15?,17-,18-,19?,20?,21-,22+/m0/s1. The van der Waals surface area contributed by atoms with E-state index in [-0.39, 0.29) is 0 Å². The van der Waals surface area contributed by atoms with Crippen molar-refractivity contribution >= 4 is 5.78 Å². The van der Waals surface area contributed by atoms with E-state index in [9.17, 15) is 4.79 Å². The molecule has 0 aliphatic heterocycles. The molecule has 4 rings (SSSR count). The van der Waals surface area contributed by atoms with E-state index in [1.165, 1.54) is 44.9 Å². The Hall–Kier alpha value is -0.330. The Morgan fingerprint density at radius 1 is 0.913 bits per heavy atom. The van der Waals surface area contributed by atoms with Crippen LogP contribution in [0, 0.1) is 46.3 Å². The van der Waals surface area contributed by atoms with E-state index < -0.39 is 0 Å². The number of rotatable bonds is 1. The first-order chi connectivity index (χ1) is 10.9. The van der Waals surface area contributed by atoms with Crippen LogP contribution in [0.5, 0.6) is 0 Å². The lowest BCUT2D eigenvalue weighted by Gasteiger charge is -2.60. The first-order valence-corrected chi connectivity index (χ1v) is 10.4. The van der Waals surface area contributed by atoms with Crippen LogP contribution in [0.25, 0.3) is 0 Å². The zero-order chi connectivity index (χ0) is 16.4. The van der Waals surface area contributed by atoms with Gasteiger partial charge < -0.3 is 0 Å². The molecule has 23 heavy (non-hydrogen) atoms. The minimum atomic E-state index is 0.480. The molecule has 0 N–H and O–H groups in total. The molecule has 4 fully saturated rings. The second-order valence-electron chi connectivity index (χ2n) is 10.4. The molecule has 0 aromatic heterocycles. The molecule has 0 spiro atoms. The molecule has 0 radical (unpaired) electrons. The van der Waals surface area contributed by atoms with Crippen LogP contribution in [-0.4, -0.2) is 5.78 Å². The van der Waals surface area contributed by atoms with Gasteiger partial charge in [-0.1, -0.05) is 27.7 Å². The average molecular weight is 317 g/mol. The van der Waals surface area contributed by atoms with E-state index in [0.29, 0.717) is 22.5 Å². The van der Waals surface area contributed by atoms with Crippen LogP contribution < -0.4 is 0 Å². The van der Waals surface area contributed by atoms with E-state index in [4.69, 9.17) is 0 Å². The summed E-state index contributed by atoms with van der Waals surface area (Å²) in [7, 11) is 0. The zero-order valence-electron chi connectivity index (χ0n) is 15.7. The van der Waals surface area contributed by atoms with Crippen molar-refractivity contribution in [2.24, 2.45) is 46.3 Å². The quantitative estimate of drug-likeness (QED) is 0.591. The third kappa shape index (κ3) is 2.20. The fourth-order valence-corrected chi connectivity index (χ4v) is 8.18. The molecule has 4 saturated carbocycles. The van der Waals surface area contributed by atoms with Crippen LogP contribution in [-0.2, 0) is 4.79 Å². The molecule has 7 atom stereocenters. The van der Waals surface area contributed by atoms with Gasteiger partial charge in [0.1, 0.15) is 5.78 Å². The summed E-state index contributed by atoms with van der Waals surface area (Å²) in [5.41, 5.74) is 1.09. The third-order valence-corrected chi connectivity index (χ3v) is 9.36.